The molecule has 10 aromatic rings. The van der Waals surface area contributed by atoms with Crippen molar-refractivity contribution in [1.82, 2.24) is 19.9 Å². The first kappa shape index (κ1) is 26.5. The molecular weight excluding hydrogens is 592 g/mol. The largest absolute Gasteiger partial charge is 0.456 e. The first-order valence-corrected chi connectivity index (χ1v) is 15.8. The van der Waals surface area contributed by atoms with Crippen LogP contribution < -0.4 is 0 Å². The smallest absolute Gasteiger partial charge is 0.164 e. The highest BCUT2D eigenvalue weighted by Crippen LogP contribution is 2.43. The quantitative estimate of drug-likeness (QED) is 0.196. The fraction of sp³-hybridized carbons (Fsp3) is 0. The van der Waals surface area contributed by atoms with E-state index in [0.29, 0.717) is 23.1 Å². The zero-order valence-corrected chi connectivity index (χ0v) is 25.5. The molecule has 0 aliphatic carbocycles. The highest BCUT2D eigenvalue weighted by molar-refractivity contribution is 6.18. The van der Waals surface area contributed by atoms with Crippen molar-refractivity contribution in [3.63, 3.8) is 0 Å². The average Bonchev–Trinajstić information content (AvgIpc) is 3.72. The van der Waals surface area contributed by atoms with Crippen LogP contribution in [0.25, 0.3) is 99.9 Å². The number of hydrogen-bond donors (Lipinski definition) is 0. The van der Waals surface area contributed by atoms with Crippen molar-refractivity contribution in [1.29, 1.82) is 0 Å². The van der Waals surface area contributed by atoms with Crippen LogP contribution in [0.3, 0.4) is 0 Å². The van der Waals surface area contributed by atoms with Crippen LogP contribution in [0.15, 0.2) is 155 Å². The lowest BCUT2D eigenvalue weighted by Crippen LogP contribution is -2.00. The molecule has 0 aliphatic rings. The Kier molecular flexibility index (Phi) is 5.77. The van der Waals surface area contributed by atoms with Gasteiger partial charge in [-0.25, -0.2) is 15.0 Å². The van der Waals surface area contributed by atoms with E-state index in [1.54, 1.807) is 12.4 Å². The van der Waals surface area contributed by atoms with Gasteiger partial charge in [0.25, 0.3) is 0 Å². The van der Waals surface area contributed by atoms with E-state index in [1.165, 1.54) is 0 Å². The van der Waals surface area contributed by atoms with Gasteiger partial charge in [0.15, 0.2) is 23.1 Å². The summed E-state index contributed by atoms with van der Waals surface area (Å²) in [5.74, 6) is 1.76. The summed E-state index contributed by atoms with van der Waals surface area (Å²) in [6.07, 6.45) is 3.54. The van der Waals surface area contributed by atoms with Crippen LogP contribution in [0.1, 0.15) is 0 Å². The van der Waals surface area contributed by atoms with E-state index in [2.05, 4.69) is 59.6 Å². The van der Waals surface area contributed by atoms with Gasteiger partial charge in [-0.1, -0.05) is 97.1 Å². The first-order valence-electron chi connectivity index (χ1n) is 15.8. The number of furan rings is 2. The minimum absolute atomic E-state index is 0.560. The fourth-order valence-corrected chi connectivity index (χ4v) is 6.77. The number of fused-ring (bicyclic) bond motifs is 7. The maximum Gasteiger partial charge on any atom is 0.164 e. The first-order chi connectivity index (χ1) is 23.8. The van der Waals surface area contributed by atoms with E-state index >= 15 is 0 Å². The molecule has 4 heterocycles. The lowest BCUT2D eigenvalue weighted by Gasteiger charge is -2.11. The van der Waals surface area contributed by atoms with Gasteiger partial charge in [0, 0.05) is 44.4 Å². The molecule has 6 nitrogen and oxygen atoms in total. The molecule has 48 heavy (non-hydrogen) atoms. The number of benzene rings is 6. The highest BCUT2D eigenvalue weighted by atomic mass is 16.3. The fourth-order valence-electron chi connectivity index (χ4n) is 6.77. The van der Waals surface area contributed by atoms with Crippen molar-refractivity contribution < 1.29 is 8.83 Å². The van der Waals surface area contributed by atoms with Crippen LogP contribution in [0.5, 0.6) is 0 Å². The summed E-state index contributed by atoms with van der Waals surface area (Å²) in [6, 6.07) is 45.2. The summed E-state index contributed by atoms with van der Waals surface area (Å²) >= 11 is 0. The summed E-state index contributed by atoms with van der Waals surface area (Å²) in [5, 5.41) is 6.29. The molecule has 6 heteroatoms. The Morgan fingerprint density at radius 3 is 1.79 bits per heavy atom. The van der Waals surface area contributed by atoms with E-state index < -0.39 is 0 Å². The zero-order chi connectivity index (χ0) is 31.6. The van der Waals surface area contributed by atoms with Crippen LogP contribution >= 0.6 is 0 Å². The van der Waals surface area contributed by atoms with Crippen molar-refractivity contribution in [3.05, 3.63) is 146 Å². The van der Waals surface area contributed by atoms with Gasteiger partial charge in [-0.2, -0.15) is 0 Å². The van der Waals surface area contributed by atoms with E-state index in [9.17, 15) is 0 Å². The maximum absolute atomic E-state index is 6.49. The van der Waals surface area contributed by atoms with Crippen molar-refractivity contribution in [2.75, 3.05) is 0 Å². The predicted molar refractivity (Wildman–Crippen MR) is 191 cm³/mol. The second kappa shape index (κ2) is 10.4. The molecule has 0 N–H and O–H groups in total. The molecule has 224 valence electrons. The van der Waals surface area contributed by atoms with Crippen LogP contribution in [0.2, 0.25) is 0 Å². The molecule has 0 amide bonds. The van der Waals surface area contributed by atoms with Gasteiger partial charge >= 0.3 is 0 Å². The molecule has 0 radical (unpaired) electrons. The second-order valence-corrected chi connectivity index (χ2v) is 11.9. The van der Waals surface area contributed by atoms with Crippen LogP contribution in [-0.2, 0) is 0 Å². The average molecular weight is 617 g/mol. The van der Waals surface area contributed by atoms with E-state index in [4.69, 9.17) is 23.8 Å². The Morgan fingerprint density at radius 1 is 0.396 bits per heavy atom. The van der Waals surface area contributed by atoms with Crippen molar-refractivity contribution >= 4 is 54.6 Å². The molecule has 0 saturated carbocycles. The Balaban J connectivity index is 1.29. The molecule has 0 saturated heterocycles. The molecule has 4 aromatic heterocycles. The SMILES string of the molecule is c1ccc(-c2nc(-c3ccccc3)nc(-c3cc(-c4cccc5oc6cc7ccccc7cc6c45)cc4oc5cnccc5c34)n2)cc1. The Hall–Kier alpha value is -6.66. The lowest BCUT2D eigenvalue weighted by atomic mass is 9.95. The number of hydrogen-bond acceptors (Lipinski definition) is 6. The van der Waals surface area contributed by atoms with Crippen molar-refractivity contribution in [2.45, 2.75) is 0 Å². The van der Waals surface area contributed by atoms with Crippen molar-refractivity contribution in [2.24, 2.45) is 0 Å². The van der Waals surface area contributed by atoms with Gasteiger partial charge in [-0.05, 0) is 58.3 Å². The monoisotopic (exact) mass is 616 g/mol. The lowest BCUT2D eigenvalue weighted by molar-refractivity contribution is 0.667. The van der Waals surface area contributed by atoms with Crippen molar-refractivity contribution in [3.8, 4) is 45.3 Å². The van der Waals surface area contributed by atoms with Gasteiger partial charge in [0.2, 0.25) is 0 Å². The third kappa shape index (κ3) is 4.20. The Morgan fingerprint density at radius 2 is 1.04 bits per heavy atom. The molecular formula is C42H24N4O2. The summed E-state index contributed by atoms with van der Waals surface area (Å²) < 4.78 is 12.9. The second-order valence-electron chi connectivity index (χ2n) is 11.9. The molecule has 0 fully saturated rings. The van der Waals surface area contributed by atoms with Crippen LogP contribution in [-0.4, -0.2) is 19.9 Å². The third-order valence-corrected chi connectivity index (χ3v) is 8.99. The summed E-state index contributed by atoms with van der Waals surface area (Å²) in [5.41, 5.74) is 7.77. The van der Waals surface area contributed by atoms with Gasteiger partial charge in [0.05, 0.1) is 6.20 Å². The maximum atomic E-state index is 6.49. The van der Waals surface area contributed by atoms with Crippen LogP contribution in [0, 0.1) is 0 Å². The number of nitrogens with zero attached hydrogens (tertiary/aromatic N) is 4. The summed E-state index contributed by atoms with van der Waals surface area (Å²) in [6.45, 7) is 0. The molecule has 0 bridgehead atoms. The molecule has 0 atom stereocenters. The zero-order valence-electron chi connectivity index (χ0n) is 25.5. The number of aromatic nitrogens is 4. The molecule has 0 unspecified atom stereocenters. The number of rotatable bonds is 4. The predicted octanol–water partition coefficient (Wildman–Crippen LogP) is 10.9. The molecule has 10 rings (SSSR count). The molecule has 6 aromatic carbocycles. The van der Waals surface area contributed by atoms with Gasteiger partial charge in [-0.15, -0.1) is 0 Å². The van der Waals surface area contributed by atoms with E-state index in [0.717, 1.165) is 76.9 Å². The summed E-state index contributed by atoms with van der Waals surface area (Å²) in [4.78, 5) is 19.5. The van der Waals surface area contributed by atoms with Gasteiger partial charge < -0.3 is 8.83 Å². The van der Waals surface area contributed by atoms with Gasteiger partial charge in [0.1, 0.15) is 16.7 Å². The molecule has 0 aliphatic heterocycles. The molecule has 0 spiro atoms. The number of pyridine rings is 1. The van der Waals surface area contributed by atoms with E-state index in [-0.39, 0.29) is 0 Å². The minimum atomic E-state index is 0.560. The third-order valence-electron chi connectivity index (χ3n) is 8.99. The highest BCUT2D eigenvalue weighted by Gasteiger charge is 2.21. The summed E-state index contributed by atoms with van der Waals surface area (Å²) in [7, 11) is 0. The van der Waals surface area contributed by atoms with Crippen LogP contribution in [0.4, 0.5) is 0 Å². The normalized spacial score (nSPS) is 11.8. The Labute approximate surface area is 274 Å². The topological polar surface area (TPSA) is 77.8 Å². The van der Waals surface area contributed by atoms with E-state index in [1.807, 2.05) is 78.9 Å². The van der Waals surface area contributed by atoms with Gasteiger partial charge in [-0.3, -0.25) is 4.98 Å². The Bertz CT molecular complexity index is 2780. The minimum Gasteiger partial charge on any atom is -0.456 e. The standard InChI is InChI=1S/C42H24N4O2/c1-3-10-25(11-4-1)40-44-41(26-12-5-2-6-13-26)46-42(45-40)33-21-29(23-36-39(33)31-18-19-43-24-37(31)48-36)30-16-9-17-34-38(30)32-20-27-14-7-8-15-28(27)22-35(32)47-34/h1-24H.